The molecule has 1 aromatic heterocycles. The van der Waals surface area contributed by atoms with Gasteiger partial charge in [-0.3, -0.25) is 9.00 Å². The highest BCUT2D eigenvalue weighted by Gasteiger charge is 2.28. The predicted octanol–water partition coefficient (Wildman–Crippen LogP) is 4.18. The van der Waals surface area contributed by atoms with Gasteiger partial charge in [0.1, 0.15) is 11.6 Å². The molecule has 1 amide bonds. The maximum absolute atomic E-state index is 13.3. The van der Waals surface area contributed by atoms with Crippen LogP contribution >= 0.6 is 0 Å². The summed E-state index contributed by atoms with van der Waals surface area (Å²) in [5.41, 5.74) is 2.60. The number of benzene rings is 3. The molecule has 0 saturated heterocycles. The van der Waals surface area contributed by atoms with Gasteiger partial charge in [0.2, 0.25) is 0 Å². The fourth-order valence-corrected chi connectivity index (χ4v) is 4.80. The molecule has 0 aliphatic carbocycles. The molecular formula is C22H16FN3O2S. The van der Waals surface area contributed by atoms with Crippen LogP contribution in [0.15, 0.2) is 66.7 Å². The van der Waals surface area contributed by atoms with Crippen molar-refractivity contribution >= 4 is 33.3 Å². The van der Waals surface area contributed by atoms with E-state index in [1.165, 1.54) is 12.1 Å². The van der Waals surface area contributed by atoms with Gasteiger partial charge in [-0.05, 0) is 47.2 Å². The molecule has 144 valence electrons. The van der Waals surface area contributed by atoms with Gasteiger partial charge in [-0.2, -0.15) is 5.10 Å². The van der Waals surface area contributed by atoms with Gasteiger partial charge in [0.15, 0.2) is 0 Å². The fourth-order valence-electron chi connectivity index (χ4n) is 3.54. The molecule has 5 rings (SSSR count). The van der Waals surface area contributed by atoms with Crippen LogP contribution in [0.4, 0.5) is 10.2 Å². The Morgan fingerprint density at radius 3 is 2.55 bits per heavy atom. The van der Waals surface area contributed by atoms with Crippen LogP contribution in [0.2, 0.25) is 0 Å². The van der Waals surface area contributed by atoms with Crippen LogP contribution in [0.25, 0.3) is 16.5 Å². The number of amides is 1. The van der Waals surface area contributed by atoms with Crippen molar-refractivity contribution in [2.24, 2.45) is 0 Å². The zero-order valence-electron chi connectivity index (χ0n) is 15.3. The zero-order valence-corrected chi connectivity index (χ0v) is 16.1. The SMILES string of the molecule is O=C(Nc1c2c(nn1-c1ccc(F)cc1)C[S@](=O)C2)c1ccc2ccccc2c1. The van der Waals surface area contributed by atoms with Crippen molar-refractivity contribution in [1.82, 2.24) is 9.78 Å². The number of hydrogen-bond donors (Lipinski definition) is 1. The third-order valence-electron chi connectivity index (χ3n) is 4.98. The molecule has 29 heavy (non-hydrogen) atoms. The Hall–Kier alpha value is -3.32. The van der Waals surface area contributed by atoms with Gasteiger partial charge in [-0.1, -0.05) is 30.3 Å². The summed E-state index contributed by atoms with van der Waals surface area (Å²) in [6, 6.07) is 19.2. The van der Waals surface area contributed by atoms with Gasteiger partial charge >= 0.3 is 0 Å². The van der Waals surface area contributed by atoms with E-state index in [0.29, 0.717) is 34.3 Å². The standard InChI is InChI=1S/C22H16FN3O2S/c23-17-7-9-18(10-8-17)26-21(19-12-29(28)13-20(19)25-26)24-22(27)16-6-5-14-3-1-2-4-15(14)11-16/h1-11H,12-13H2,(H,24,27)/t29-/m1/s1. The van der Waals surface area contributed by atoms with E-state index in [1.54, 1.807) is 22.9 Å². The van der Waals surface area contributed by atoms with Crippen molar-refractivity contribution in [3.05, 3.63) is 89.4 Å². The number of aromatic nitrogens is 2. The van der Waals surface area contributed by atoms with E-state index in [9.17, 15) is 13.4 Å². The molecular weight excluding hydrogens is 389 g/mol. The van der Waals surface area contributed by atoms with Crippen LogP contribution in [0.3, 0.4) is 0 Å². The van der Waals surface area contributed by atoms with Crippen LogP contribution in [-0.4, -0.2) is 19.9 Å². The minimum Gasteiger partial charge on any atom is -0.306 e. The van der Waals surface area contributed by atoms with Gasteiger partial charge in [-0.15, -0.1) is 0 Å². The average molecular weight is 405 g/mol. The highest BCUT2D eigenvalue weighted by Crippen LogP contribution is 2.31. The van der Waals surface area contributed by atoms with Crippen LogP contribution in [0.5, 0.6) is 0 Å². The summed E-state index contributed by atoms with van der Waals surface area (Å²) in [6.45, 7) is 0. The number of rotatable bonds is 3. The lowest BCUT2D eigenvalue weighted by Crippen LogP contribution is -2.16. The Kier molecular flexibility index (Phi) is 4.24. The van der Waals surface area contributed by atoms with Crippen molar-refractivity contribution in [1.29, 1.82) is 0 Å². The lowest BCUT2D eigenvalue weighted by Gasteiger charge is -2.11. The second kappa shape index (κ2) is 6.93. The monoisotopic (exact) mass is 405 g/mol. The van der Waals surface area contributed by atoms with Gasteiger partial charge in [-0.25, -0.2) is 9.07 Å². The fraction of sp³-hybridized carbons (Fsp3) is 0.0909. The first-order chi connectivity index (χ1) is 14.1. The number of carbonyl (C=O) groups is 1. The third-order valence-corrected chi connectivity index (χ3v) is 6.19. The predicted molar refractivity (Wildman–Crippen MR) is 111 cm³/mol. The molecule has 3 aromatic carbocycles. The molecule has 1 aliphatic rings. The second-order valence-corrected chi connectivity index (χ2v) is 8.36. The Balaban J connectivity index is 1.55. The molecule has 0 saturated carbocycles. The molecule has 4 aromatic rings. The summed E-state index contributed by atoms with van der Waals surface area (Å²) in [4.78, 5) is 13.0. The minimum absolute atomic E-state index is 0.278. The first-order valence-corrected chi connectivity index (χ1v) is 10.6. The normalized spacial score (nSPS) is 15.4. The summed E-state index contributed by atoms with van der Waals surface area (Å²) in [6.07, 6.45) is 0. The Morgan fingerprint density at radius 1 is 1.00 bits per heavy atom. The van der Waals surface area contributed by atoms with Crippen molar-refractivity contribution in [2.45, 2.75) is 11.5 Å². The highest BCUT2D eigenvalue weighted by molar-refractivity contribution is 7.83. The largest absolute Gasteiger partial charge is 0.306 e. The topological polar surface area (TPSA) is 64.0 Å². The number of carbonyl (C=O) groups excluding carboxylic acids is 1. The molecule has 0 spiro atoms. The van der Waals surface area contributed by atoms with E-state index in [0.717, 1.165) is 16.3 Å². The molecule has 7 heteroatoms. The van der Waals surface area contributed by atoms with Crippen molar-refractivity contribution in [3.8, 4) is 5.69 Å². The maximum Gasteiger partial charge on any atom is 0.256 e. The maximum atomic E-state index is 13.3. The summed E-state index contributed by atoms with van der Waals surface area (Å²) < 4.78 is 26.9. The lowest BCUT2D eigenvalue weighted by molar-refractivity contribution is 0.102. The van der Waals surface area contributed by atoms with Gasteiger partial charge in [0.05, 0.1) is 22.9 Å². The minimum atomic E-state index is -1.03. The molecule has 0 radical (unpaired) electrons. The Labute approximate surface area is 168 Å². The molecule has 0 bridgehead atoms. The van der Waals surface area contributed by atoms with Gasteiger partial charge in [0.25, 0.3) is 5.91 Å². The lowest BCUT2D eigenvalue weighted by atomic mass is 10.1. The molecule has 0 unspecified atom stereocenters. The van der Waals surface area contributed by atoms with E-state index in [4.69, 9.17) is 0 Å². The summed E-state index contributed by atoms with van der Waals surface area (Å²) in [7, 11) is -1.03. The molecule has 2 heterocycles. The van der Waals surface area contributed by atoms with Crippen molar-refractivity contribution in [3.63, 3.8) is 0 Å². The van der Waals surface area contributed by atoms with Crippen LogP contribution in [0.1, 0.15) is 21.6 Å². The van der Waals surface area contributed by atoms with E-state index < -0.39 is 10.8 Å². The smallest absolute Gasteiger partial charge is 0.256 e. The van der Waals surface area contributed by atoms with Crippen LogP contribution in [-0.2, 0) is 22.3 Å². The average Bonchev–Trinajstić information content (AvgIpc) is 3.25. The Bertz CT molecular complexity index is 1280. The molecule has 0 fully saturated rings. The number of nitrogens with one attached hydrogen (secondary N) is 1. The third kappa shape index (κ3) is 3.23. The zero-order chi connectivity index (χ0) is 20.0. The number of hydrogen-bond acceptors (Lipinski definition) is 3. The van der Waals surface area contributed by atoms with E-state index in [-0.39, 0.29) is 11.7 Å². The van der Waals surface area contributed by atoms with Gasteiger partial charge in [0, 0.05) is 21.9 Å². The number of anilines is 1. The highest BCUT2D eigenvalue weighted by atomic mass is 32.2. The van der Waals surface area contributed by atoms with E-state index in [1.807, 2.05) is 36.4 Å². The van der Waals surface area contributed by atoms with Crippen molar-refractivity contribution in [2.75, 3.05) is 5.32 Å². The van der Waals surface area contributed by atoms with E-state index in [2.05, 4.69) is 10.4 Å². The number of halogens is 1. The number of nitrogens with zero attached hydrogens (tertiary/aromatic N) is 2. The summed E-state index contributed by atoms with van der Waals surface area (Å²) in [5.74, 6) is 0.540. The first-order valence-electron chi connectivity index (χ1n) is 9.10. The second-order valence-electron chi connectivity index (χ2n) is 6.91. The van der Waals surface area contributed by atoms with Crippen LogP contribution in [0, 0.1) is 5.82 Å². The number of fused-ring (bicyclic) bond motifs is 2. The molecule has 1 atom stereocenters. The quantitative estimate of drug-likeness (QED) is 0.556. The molecule has 1 aliphatic heterocycles. The van der Waals surface area contributed by atoms with Crippen LogP contribution < -0.4 is 5.32 Å². The Morgan fingerprint density at radius 2 is 1.76 bits per heavy atom. The van der Waals surface area contributed by atoms with Gasteiger partial charge < -0.3 is 5.32 Å². The van der Waals surface area contributed by atoms with Crippen molar-refractivity contribution < 1.29 is 13.4 Å². The molecule has 5 nitrogen and oxygen atoms in total. The summed E-state index contributed by atoms with van der Waals surface area (Å²) in [5, 5.41) is 9.49. The molecule has 1 N–H and O–H groups in total. The summed E-state index contributed by atoms with van der Waals surface area (Å²) >= 11 is 0. The van der Waals surface area contributed by atoms with E-state index >= 15 is 0 Å². The first kappa shape index (κ1) is 17.8.